The number of nitrogens with zero attached hydrogens (tertiary/aromatic N) is 1. The van der Waals surface area contributed by atoms with Gasteiger partial charge in [0.1, 0.15) is 6.29 Å². The van der Waals surface area contributed by atoms with Crippen LogP contribution in [-0.2, 0) is 4.79 Å². The van der Waals surface area contributed by atoms with Gasteiger partial charge in [0.25, 0.3) is 5.91 Å². The van der Waals surface area contributed by atoms with E-state index in [0.29, 0.717) is 5.56 Å². The molecule has 126 valence electrons. The quantitative estimate of drug-likeness (QED) is 0.717. The van der Waals surface area contributed by atoms with Crippen LogP contribution in [0.3, 0.4) is 0 Å². The van der Waals surface area contributed by atoms with Crippen molar-refractivity contribution in [3.8, 4) is 0 Å². The lowest BCUT2D eigenvalue weighted by atomic mass is 9.91. The van der Waals surface area contributed by atoms with Crippen LogP contribution in [0.4, 0.5) is 5.69 Å². The van der Waals surface area contributed by atoms with Gasteiger partial charge in [-0.05, 0) is 35.1 Å². The van der Waals surface area contributed by atoms with Crippen LogP contribution in [0.5, 0.6) is 0 Å². The minimum absolute atomic E-state index is 0.0528. The van der Waals surface area contributed by atoms with E-state index in [-0.39, 0.29) is 24.3 Å². The zero-order valence-electron chi connectivity index (χ0n) is 14.8. The molecule has 0 unspecified atom stereocenters. The van der Waals surface area contributed by atoms with Crippen molar-refractivity contribution in [1.29, 1.82) is 0 Å². The molecule has 1 amide bonds. The molecular formula is C21H25NO2. The SMILES string of the molecule is CC(C)c1cccc(C(C)C)c1N(CC=O)C(=O)c1ccccc1. The Hall–Kier alpha value is -2.42. The molecule has 3 heteroatoms. The molecule has 0 aliphatic heterocycles. The standard InChI is InChI=1S/C21H25NO2/c1-15(2)18-11-8-12-19(16(3)4)20(18)22(13-14-23)21(24)17-9-6-5-7-10-17/h5-12,14-16H,13H2,1-4H3. The topological polar surface area (TPSA) is 37.4 Å². The summed E-state index contributed by atoms with van der Waals surface area (Å²) in [5, 5.41) is 0. The number of amides is 1. The lowest BCUT2D eigenvalue weighted by molar-refractivity contribution is -0.106. The fourth-order valence-electron chi connectivity index (χ4n) is 2.91. The van der Waals surface area contributed by atoms with E-state index in [9.17, 15) is 9.59 Å². The normalized spacial score (nSPS) is 10.9. The average molecular weight is 323 g/mol. The fourth-order valence-corrected chi connectivity index (χ4v) is 2.91. The van der Waals surface area contributed by atoms with Crippen molar-refractivity contribution in [3.05, 3.63) is 65.2 Å². The van der Waals surface area contributed by atoms with Crippen LogP contribution in [-0.4, -0.2) is 18.7 Å². The summed E-state index contributed by atoms with van der Waals surface area (Å²) in [6.07, 6.45) is 0.794. The molecule has 0 spiro atoms. The number of anilines is 1. The summed E-state index contributed by atoms with van der Waals surface area (Å²) in [7, 11) is 0. The first-order chi connectivity index (χ1) is 11.5. The van der Waals surface area contributed by atoms with E-state index in [1.807, 2.05) is 36.4 Å². The van der Waals surface area contributed by atoms with Crippen LogP contribution in [0.1, 0.15) is 61.0 Å². The smallest absolute Gasteiger partial charge is 0.258 e. The molecule has 2 rings (SSSR count). The van der Waals surface area contributed by atoms with E-state index in [2.05, 4.69) is 27.7 Å². The largest absolute Gasteiger partial charge is 0.301 e. The summed E-state index contributed by atoms with van der Waals surface area (Å²) in [6, 6.07) is 15.2. The van der Waals surface area contributed by atoms with E-state index >= 15 is 0 Å². The minimum Gasteiger partial charge on any atom is -0.301 e. The van der Waals surface area contributed by atoms with Crippen LogP contribution in [0, 0.1) is 0 Å². The summed E-state index contributed by atoms with van der Waals surface area (Å²) in [5.74, 6) is 0.380. The maximum atomic E-state index is 13.1. The summed E-state index contributed by atoms with van der Waals surface area (Å²) >= 11 is 0. The number of carbonyl (C=O) groups is 2. The van der Waals surface area contributed by atoms with Gasteiger partial charge in [-0.2, -0.15) is 0 Å². The van der Waals surface area contributed by atoms with Crippen molar-refractivity contribution < 1.29 is 9.59 Å². The van der Waals surface area contributed by atoms with Gasteiger partial charge in [0.2, 0.25) is 0 Å². The van der Waals surface area contributed by atoms with Crippen molar-refractivity contribution in [2.75, 3.05) is 11.4 Å². The van der Waals surface area contributed by atoms with Gasteiger partial charge in [-0.1, -0.05) is 64.1 Å². The number of para-hydroxylation sites is 1. The maximum Gasteiger partial charge on any atom is 0.258 e. The third-order valence-corrected chi connectivity index (χ3v) is 4.14. The predicted molar refractivity (Wildman–Crippen MR) is 98.8 cm³/mol. The van der Waals surface area contributed by atoms with Crippen LogP contribution >= 0.6 is 0 Å². The molecule has 0 N–H and O–H groups in total. The monoisotopic (exact) mass is 323 g/mol. The molecule has 0 atom stereocenters. The second-order valence-corrected chi connectivity index (χ2v) is 6.54. The lowest BCUT2D eigenvalue weighted by Crippen LogP contribution is -2.34. The van der Waals surface area contributed by atoms with Crippen molar-refractivity contribution in [3.63, 3.8) is 0 Å². The second-order valence-electron chi connectivity index (χ2n) is 6.54. The number of aldehydes is 1. The summed E-state index contributed by atoms with van der Waals surface area (Å²) in [5.41, 5.74) is 3.65. The molecule has 0 bridgehead atoms. The van der Waals surface area contributed by atoms with Crippen molar-refractivity contribution in [2.24, 2.45) is 0 Å². The Kier molecular flexibility index (Phi) is 5.91. The van der Waals surface area contributed by atoms with E-state index in [1.165, 1.54) is 0 Å². The molecule has 3 nitrogen and oxygen atoms in total. The molecular weight excluding hydrogens is 298 g/mol. The number of hydrogen-bond donors (Lipinski definition) is 0. The molecule has 0 heterocycles. The van der Waals surface area contributed by atoms with E-state index < -0.39 is 0 Å². The molecule has 24 heavy (non-hydrogen) atoms. The zero-order chi connectivity index (χ0) is 17.7. The van der Waals surface area contributed by atoms with E-state index in [0.717, 1.165) is 23.1 Å². The second kappa shape index (κ2) is 7.91. The van der Waals surface area contributed by atoms with Crippen molar-refractivity contribution >= 4 is 17.9 Å². The molecule has 0 aliphatic carbocycles. The van der Waals surface area contributed by atoms with Gasteiger partial charge in [-0.3, -0.25) is 4.79 Å². The lowest BCUT2D eigenvalue weighted by Gasteiger charge is -2.29. The third kappa shape index (κ3) is 3.73. The average Bonchev–Trinajstić information content (AvgIpc) is 2.59. The fraction of sp³-hybridized carbons (Fsp3) is 0.333. The number of carbonyl (C=O) groups excluding carboxylic acids is 2. The maximum absolute atomic E-state index is 13.1. The highest BCUT2D eigenvalue weighted by atomic mass is 16.2. The Balaban J connectivity index is 2.63. The first kappa shape index (κ1) is 17.9. The summed E-state index contributed by atoms with van der Waals surface area (Å²) in [4.78, 5) is 26.0. The molecule has 0 saturated carbocycles. The highest BCUT2D eigenvalue weighted by Gasteiger charge is 2.24. The van der Waals surface area contributed by atoms with Crippen molar-refractivity contribution in [1.82, 2.24) is 0 Å². The first-order valence-corrected chi connectivity index (χ1v) is 8.40. The minimum atomic E-state index is -0.141. The Labute approximate surface area is 144 Å². The van der Waals surface area contributed by atoms with Gasteiger partial charge in [-0.15, -0.1) is 0 Å². The Morgan fingerprint density at radius 1 is 0.917 bits per heavy atom. The highest BCUT2D eigenvalue weighted by Crippen LogP contribution is 2.35. The van der Waals surface area contributed by atoms with Crippen LogP contribution in [0.25, 0.3) is 0 Å². The molecule has 2 aromatic rings. The van der Waals surface area contributed by atoms with Crippen LogP contribution in [0.2, 0.25) is 0 Å². The highest BCUT2D eigenvalue weighted by molar-refractivity contribution is 6.08. The Morgan fingerprint density at radius 3 is 1.92 bits per heavy atom. The van der Waals surface area contributed by atoms with Gasteiger partial charge >= 0.3 is 0 Å². The molecule has 2 aromatic carbocycles. The molecule has 0 fully saturated rings. The van der Waals surface area contributed by atoms with Gasteiger partial charge < -0.3 is 9.69 Å². The summed E-state index contributed by atoms with van der Waals surface area (Å²) in [6.45, 7) is 8.48. The molecule has 0 aliphatic rings. The first-order valence-electron chi connectivity index (χ1n) is 8.40. The van der Waals surface area contributed by atoms with Crippen molar-refractivity contribution in [2.45, 2.75) is 39.5 Å². The van der Waals surface area contributed by atoms with Gasteiger partial charge in [0.05, 0.1) is 12.2 Å². The van der Waals surface area contributed by atoms with Gasteiger partial charge in [0, 0.05) is 5.56 Å². The molecule has 0 radical (unpaired) electrons. The summed E-state index contributed by atoms with van der Waals surface area (Å²) < 4.78 is 0. The predicted octanol–water partition coefficient (Wildman–Crippen LogP) is 4.78. The van der Waals surface area contributed by atoms with Gasteiger partial charge in [0.15, 0.2) is 0 Å². The van der Waals surface area contributed by atoms with E-state index in [1.54, 1.807) is 17.0 Å². The number of hydrogen-bond acceptors (Lipinski definition) is 2. The third-order valence-electron chi connectivity index (χ3n) is 4.14. The Morgan fingerprint density at radius 2 is 1.46 bits per heavy atom. The van der Waals surface area contributed by atoms with E-state index in [4.69, 9.17) is 0 Å². The van der Waals surface area contributed by atoms with Crippen LogP contribution < -0.4 is 4.90 Å². The van der Waals surface area contributed by atoms with Crippen LogP contribution in [0.15, 0.2) is 48.5 Å². The zero-order valence-corrected chi connectivity index (χ0v) is 14.8. The number of rotatable bonds is 6. The number of benzene rings is 2. The Bertz CT molecular complexity index is 679. The van der Waals surface area contributed by atoms with Gasteiger partial charge in [-0.25, -0.2) is 0 Å². The molecule has 0 aromatic heterocycles. The molecule has 0 saturated heterocycles.